The molecule has 1 unspecified atom stereocenters. The van der Waals surface area contributed by atoms with Crippen LogP contribution in [0.4, 0.5) is 0 Å². The van der Waals surface area contributed by atoms with Crippen molar-refractivity contribution >= 4 is 25.4 Å². The highest BCUT2D eigenvalue weighted by Crippen LogP contribution is 2.49. The molecule has 106 valence electrons. The first-order valence-electron chi connectivity index (χ1n) is 5.44. The van der Waals surface area contributed by atoms with Crippen molar-refractivity contribution in [3.8, 4) is 0 Å². The van der Waals surface area contributed by atoms with Crippen molar-refractivity contribution < 1.29 is 27.7 Å². The second-order valence-electron chi connectivity index (χ2n) is 3.01. The Balaban J connectivity index is 4.06. The molecule has 0 saturated heterocycles. The van der Waals surface area contributed by atoms with Crippen LogP contribution in [0.3, 0.4) is 0 Å². The van der Waals surface area contributed by atoms with E-state index in [1.54, 1.807) is 13.8 Å². The molecule has 0 aliphatic heterocycles. The molecule has 0 aliphatic rings. The first-order valence-corrected chi connectivity index (χ1v) is 7.34. The summed E-state index contributed by atoms with van der Waals surface area (Å²) in [5.74, 6) is -0.585. The van der Waals surface area contributed by atoms with Crippen LogP contribution in [0.1, 0.15) is 13.8 Å². The normalized spacial score (nSPS) is 13.1. The highest BCUT2D eigenvalue weighted by atomic mass is 35.5. The predicted molar refractivity (Wildman–Crippen MR) is 67.6 cm³/mol. The van der Waals surface area contributed by atoms with Crippen molar-refractivity contribution in [2.24, 2.45) is 0 Å². The van der Waals surface area contributed by atoms with Crippen molar-refractivity contribution in [1.82, 2.24) is 0 Å². The summed E-state index contributed by atoms with van der Waals surface area (Å²) < 4.78 is 31.4. The molecule has 0 rings (SSSR count). The average molecular weight is 301 g/mol. The van der Waals surface area contributed by atoms with Gasteiger partial charge in [-0.15, -0.1) is 11.6 Å². The Labute approximate surface area is 112 Å². The van der Waals surface area contributed by atoms with Gasteiger partial charge in [0.15, 0.2) is 0 Å². The predicted octanol–water partition coefficient (Wildman–Crippen LogP) is 2.52. The van der Waals surface area contributed by atoms with Crippen molar-refractivity contribution in [3.63, 3.8) is 0 Å². The van der Waals surface area contributed by atoms with Gasteiger partial charge in [0.1, 0.15) is 6.61 Å². The van der Waals surface area contributed by atoms with E-state index in [1.165, 1.54) is 0 Å². The standard InChI is InChI=1S/C10H18ClO6P/c1-4-10(12)14-7-9(11)8-17-18(13,15-5-2)16-6-3/h4,9H,1,5-8H2,2-3H3. The minimum atomic E-state index is -3.57. The third kappa shape index (κ3) is 7.84. The van der Waals surface area contributed by atoms with Crippen LogP contribution in [0, 0.1) is 0 Å². The molecule has 0 aliphatic carbocycles. The molecule has 0 bridgehead atoms. The first-order chi connectivity index (χ1) is 8.47. The number of hydrogen-bond acceptors (Lipinski definition) is 6. The lowest BCUT2D eigenvalue weighted by atomic mass is 10.5. The van der Waals surface area contributed by atoms with E-state index in [2.05, 4.69) is 6.58 Å². The quantitative estimate of drug-likeness (QED) is 0.267. The third-order valence-electron chi connectivity index (χ3n) is 1.56. The monoisotopic (exact) mass is 300 g/mol. The maximum Gasteiger partial charge on any atom is 0.474 e. The van der Waals surface area contributed by atoms with E-state index in [9.17, 15) is 9.36 Å². The van der Waals surface area contributed by atoms with Crippen LogP contribution in [0.25, 0.3) is 0 Å². The molecule has 18 heavy (non-hydrogen) atoms. The minimum absolute atomic E-state index is 0.0787. The summed E-state index contributed by atoms with van der Waals surface area (Å²) in [7, 11) is -3.57. The summed E-state index contributed by atoms with van der Waals surface area (Å²) in [4.78, 5) is 10.8. The topological polar surface area (TPSA) is 71.1 Å². The fourth-order valence-corrected chi connectivity index (χ4v) is 2.31. The smallest absolute Gasteiger partial charge is 0.461 e. The zero-order valence-electron chi connectivity index (χ0n) is 10.5. The van der Waals surface area contributed by atoms with Gasteiger partial charge in [-0.3, -0.25) is 13.6 Å². The van der Waals surface area contributed by atoms with E-state index in [4.69, 9.17) is 29.9 Å². The molecule has 0 saturated carbocycles. The van der Waals surface area contributed by atoms with Crippen molar-refractivity contribution in [2.75, 3.05) is 26.4 Å². The summed E-state index contributed by atoms with van der Waals surface area (Å²) >= 11 is 5.82. The van der Waals surface area contributed by atoms with Gasteiger partial charge in [-0.1, -0.05) is 6.58 Å². The molecule has 0 aromatic rings. The highest BCUT2D eigenvalue weighted by Gasteiger charge is 2.26. The molecular weight excluding hydrogens is 283 g/mol. The number of alkyl halides is 1. The van der Waals surface area contributed by atoms with Gasteiger partial charge >= 0.3 is 13.8 Å². The highest BCUT2D eigenvalue weighted by molar-refractivity contribution is 7.48. The molecular formula is C10H18ClO6P. The third-order valence-corrected chi connectivity index (χ3v) is 3.43. The number of carbonyl (C=O) groups is 1. The van der Waals surface area contributed by atoms with Gasteiger partial charge in [-0.25, -0.2) is 9.36 Å². The minimum Gasteiger partial charge on any atom is -0.461 e. The van der Waals surface area contributed by atoms with E-state index in [0.29, 0.717) is 0 Å². The van der Waals surface area contributed by atoms with Gasteiger partial charge in [0.25, 0.3) is 0 Å². The summed E-state index contributed by atoms with van der Waals surface area (Å²) in [6.45, 7) is 6.75. The van der Waals surface area contributed by atoms with Crippen LogP contribution in [0.15, 0.2) is 12.7 Å². The number of halogens is 1. The van der Waals surface area contributed by atoms with Gasteiger partial charge in [0.05, 0.1) is 25.2 Å². The lowest BCUT2D eigenvalue weighted by Gasteiger charge is -2.17. The van der Waals surface area contributed by atoms with Gasteiger partial charge in [0, 0.05) is 6.08 Å². The average Bonchev–Trinajstić information content (AvgIpc) is 2.34. The van der Waals surface area contributed by atoms with Crippen molar-refractivity contribution in [1.29, 1.82) is 0 Å². The number of ether oxygens (including phenoxy) is 1. The largest absolute Gasteiger partial charge is 0.474 e. The Hall–Kier alpha value is -0.390. The summed E-state index contributed by atoms with van der Waals surface area (Å²) in [5.41, 5.74) is 0. The Morgan fingerprint density at radius 1 is 1.28 bits per heavy atom. The fraction of sp³-hybridized carbons (Fsp3) is 0.700. The zero-order chi connectivity index (χ0) is 14.0. The van der Waals surface area contributed by atoms with Gasteiger partial charge < -0.3 is 4.74 Å². The van der Waals surface area contributed by atoms with Crippen molar-refractivity contribution in [2.45, 2.75) is 19.2 Å². The van der Waals surface area contributed by atoms with Crippen molar-refractivity contribution in [3.05, 3.63) is 12.7 Å². The van der Waals surface area contributed by atoms with Crippen LogP contribution in [-0.2, 0) is 27.7 Å². The molecule has 6 nitrogen and oxygen atoms in total. The second kappa shape index (κ2) is 9.53. The summed E-state index contributed by atoms with van der Waals surface area (Å²) in [6, 6.07) is 0. The molecule has 0 spiro atoms. The Kier molecular flexibility index (Phi) is 9.32. The number of phosphoric acid groups is 1. The van der Waals surface area contributed by atoms with Gasteiger partial charge in [0.2, 0.25) is 0 Å². The zero-order valence-corrected chi connectivity index (χ0v) is 12.1. The molecule has 0 fully saturated rings. The number of rotatable bonds is 10. The Morgan fingerprint density at radius 2 is 1.83 bits per heavy atom. The first kappa shape index (κ1) is 17.6. The van der Waals surface area contributed by atoms with Crippen LogP contribution < -0.4 is 0 Å². The van der Waals surface area contributed by atoms with Crippen LogP contribution in [0.5, 0.6) is 0 Å². The van der Waals surface area contributed by atoms with E-state index in [1.807, 2.05) is 0 Å². The van der Waals surface area contributed by atoms with Crippen LogP contribution in [-0.4, -0.2) is 37.8 Å². The molecule has 8 heteroatoms. The van der Waals surface area contributed by atoms with E-state index >= 15 is 0 Å². The molecule has 0 aromatic carbocycles. The van der Waals surface area contributed by atoms with E-state index in [0.717, 1.165) is 6.08 Å². The number of hydrogen-bond donors (Lipinski definition) is 0. The molecule has 0 N–H and O–H groups in total. The summed E-state index contributed by atoms with van der Waals surface area (Å²) in [6.07, 6.45) is 1.02. The maximum atomic E-state index is 11.9. The molecule has 0 amide bonds. The van der Waals surface area contributed by atoms with E-state index < -0.39 is 19.2 Å². The lowest BCUT2D eigenvalue weighted by Crippen LogP contribution is -2.18. The molecule has 1 atom stereocenters. The maximum absolute atomic E-state index is 11.9. The summed E-state index contributed by atoms with van der Waals surface area (Å²) in [5, 5.41) is -0.650. The Bertz CT molecular complexity index is 299. The van der Waals surface area contributed by atoms with E-state index in [-0.39, 0.29) is 26.4 Å². The lowest BCUT2D eigenvalue weighted by molar-refractivity contribution is -0.137. The van der Waals surface area contributed by atoms with Crippen LogP contribution >= 0.6 is 19.4 Å². The number of phosphoric ester groups is 1. The van der Waals surface area contributed by atoms with Crippen LogP contribution in [0.2, 0.25) is 0 Å². The molecule has 0 aromatic heterocycles. The number of esters is 1. The van der Waals surface area contributed by atoms with Gasteiger partial charge in [-0.05, 0) is 13.8 Å². The second-order valence-corrected chi connectivity index (χ2v) is 5.30. The number of carbonyl (C=O) groups excluding carboxylic acids is 1. The Morgan fingerprint density at radius 3 is 2.28 bits per heavy atom. The van der Waals surface area contributed by atoms with Gasteiger partial charge in [-0.2, -0.15) is 0 Å². The molecule has 0 heterocycles. The SMILES string of the molecule is C=CC(=O)OCC(Cl)COP(=O)(OCC)OCC. The fourth-order valence-electron chi connectivity index (χ4n) is 0.880. The molecule has 0 radical (unpaired) electrons.